The van der Waals surface area contributed by atoms with Crippen LogP contribution in [0.4, 0.5) is 0 Å². The Bertz CT molecular complexity index is 873. The monoisotopic (exact) mass is 339 g/mol. The molecule has 6 heteroatoms. The number of benzene rings is 2. The van der Waals surface area contributed by atoms with Gasteiger partial charge in [0.05, 0.1) is 31.6 Å². The topological polar surface area (TPSA) is 65.4 Å². The molecule has 0 saturated carbocycles. The highest BCUT2D eigenvalue weighted by Crippen LogP contribution is 2.30. The fourth-order valence-electron chi connectivity index (χ4n) is 2.79. The summed E-state index contributed by atoms with van der Waals surface area (Å²) in [4.78, 5) is 16.5. The number of hydrogen-bond donors (Lipinski definition) is 1. The van der Waals surface area contributed by atoms with E-state index in [1.807, 2.05) is 47.0 Å². The summed E-state index contributed by atoms with van der Waals surface area (Å²) >= 11 is 0. The Morgan fingerprint density at radius 2 is 1.96 bits per heavy atom. The number of imidazole rings is 1. The average molecular weight is 339 g/mol. The van der Waals surface area contributed by atoms with Crippen molar-refractivity contribution < 1.29 is 14.3 Å². The highest BCUT2D eigenvalue weighted by atomic mass is 16.5. The lowest BCUT2D eigenvalue weighted by Gasteiger charge is -2.13. The average Bonchev–Trinajstić information content (AvgIpc) is 3.07. The standard InChI is InChI=1S/C19H21N3O3/c1-24-17-9-5-6-14(19(17)25-2)12-20-18(23)10-11-22-13-21-15-7-3-4-8-16(15)22/h3-9,13H,10-12H2,1-2H3,(H,20,23). The first-order chi connectivity index (χ1) is 12.2. The van der Waals surface area contributed by atoms with Gasteiger partial charge in [-0.15, -0.1) is 0 Å². The molecule has 1 amide bonds. The number of ether oxygens (including phenoxy) is 2. The summed E-state index contributed by atoms with van der Waals surface area (Å²) in [5.74, 6) is 1.27. The number of carbonyl (C=O) groups is 1. The predicted octanol–water partition coefficient (Wildman–Crippen LogP) is 2.76. The van der Waals surface area contributed by atoms with E-state index >= 15 is 0 Å². The maximum Gasteiger partial charge on any atom is 0.222 e. The third kappa shape index (κ3) is 3.74. The van der Waals surface area contributed by atoms with Gasteiger partial charge in [0.2, 0.25) is 5.91 Å². The normalized spacial score (nSPS) is 10.6. The Hall–Kier alpha value is -3.02. The van der Waals surface area contributed by atoms with Gasteiger partial charge in [0.25, 0.3) is 0 Å². The second-order valence-electron chi connectivity index (χ2n) is 5.61. The molecule has 0 aliphatic carbocycles. The zero-order valence-corrected chi connectivity index (χ0v) is 14.4. The van der Waals surface area contributed by atoms with Crippen LogP contribution in [0.25, 0.3) is 11.0 Å². The Morgan fingerprint density at radius 1 is 1.12 bits per heavy atom. The predicted molar refractivity (Wildman–Crippen MR) is 95.7 cm³/mol. The Kier molecular flexibility index (Phi) is 5.18. The molecule has 0 saturated heterocycles. The van der Waals surface area contributed by atoms with Crippen molar-refractivity contribution in [2.24, 2.45) is 0 Å². The molecule has 1 heterocycles. The lowest BCUT2D eigenvalue weighted by Crippen LogP contribution is -2.24. The number of methoxy groups -OCH3 is 2. The first kappa shape index (κ1) is 16.8. The molecule has 0 aliphatic heterocycles. The van der Waals surface area contributed by atoms with E-state index in [2.05, 4.69) is 10.3 Å². The smallest absolute Gasteiger partial charge is 0.222 e. The number of nitrogens with one attached hydrogen (secondary N) is 1. The summed E-state index contributed by atoms with van der Waals surface area (Å²) in [6.45, 7) is 0.978. The lowest BCUT2D eigenvalue weighted by atomic mass is 10.2. The van der Waals surface area contributed by atoms with Crippen LogP contribution < -0.4 is 14.8 Å². The first-order valence-electron chi connectivity index (χ1n) is 8.09. The number of aryl methyl sites for hydroxylation is 1. The van der Waals surface area contributed by atoms with Gasteiger partial charge in [-0.1, -0.05) is 24.3 Å². The van der Waals surface area contributed by atoms with Gasteiger partial charge in [-0.25, -0.2) is 4.98 Å². The molecule has 1 N–H and O–H groups in total. The number of aromatic nitrogens is 2. The van der Waals surface area contributed by atoms with Crippen molar-refractivity contribution in [1.29, 1.82) is 0 Å². The molecule has 0 bridgehead atoms. The maximum atomic E-state index is 12.2. The van der Waals surface area contributed by atoms with E-state index in [9.17, 15) is 4.79 Å². The third-order valence-electron chi connectivity index (χ3n) is 4.07. The summed E-state index contributed by atoms with van der Waals surface area (Å²) < 4.78 is 12.6. The van der Waals surface area contributed by atoms with Crippen molar-refractivity contribution in [3.8, 4) is 11.5 Å². The van der Waals surface area contributed by atoms with Gasteiger partial charge in [-0.05, 0) is 18.2 Å². The molecule has 0 atom stereocenters. The minimum Gasteiger partial charge on any atom is -0.493 e. The molecule has 1 aromatic heterocycles. The zero-order chi connectivity index (χ0) is 17.6. The number of amides is 1. The van der Waals surface area contributed by atoms with Crippen molar-refractivity contribution in [3.63, 3.8) is 0 Å². The minimum absolute atomic E-state index is 0.0253. The minimum atomic E-state index is -0.0253. The van der Waals surface area contributed by atoms with Gasteiger partial charge in [0.1, 0.15) is 0 Å². The molecule has 3 rings (SSSR count). The molecule has 0 fully saturated rings. The number of carbonyl (C=O) groups excluding carboxylic acids is 1. The Labute approximate surface area is 146 Å². The van der Waals surface area contributed by atoms with Crippen molar-refractivity contribution in [3.05, 3.63) is 54.4 Å². The van der Waals surface area contributed by atoms with E-state index in [1.165, 1.54) is 0 Å². The van der Waals surface area contributed by atoms with Gasteiger partial charge in [-0.2, -0.15) is 0 Å². The van der Waals surface area contributed by atoms with Gasteiger partial charge < -0.3 is 19.4 Å². The molecule has 130 valence electrons. The molecule has 0 radical (unpaired) electrons. The quantitative estimate of drug-likeness (QED) is 0.719. The number of nitrogens with zero attached hydrogens (tertiary/aromatic N) is 2. The molecule has 2 aromatic carbocycles. The van der Waals surface area contributed by atoms with Crippen LogP contribution >= 0.6 is 0 Å². The van der Waals surface area contributed by atoms with Gasteiger partial charge in [-0.3, -0.25) is 4.79 Å². The van der Waals surface area contributed by atoms with Crippen molar-refractivity contribution >= 4 is 16.9 Å². The Morgan fingerprint density at radius 3 is 2.76 bits per heavy atom. The van der Waals surface area contributed by atoms with Crippen LogP contribution in [-0.4, -0.2) is 29.7 Å². The second kappa shape index (κ2) is 7.70. The van der Waals surface area contributed by atoms with E-state index in [-0.39, 0.29) is 5.91 Å². The summed E-state index contributed by atoms with van der Waals surface area (Å²) in [5, 5.41) is 2.93. The van der Waals surface area contributed by atoms with Crippen LogP contribution in [0, 0.1) is 0 Å². The maximum absolute atomic E-state index is 12.2. The molecule has 0 unspecified atom stereocenters. The summed E-state index contributed by atoms with van der Waals surface area (Å²) in [6.07, 6.45) is 2.15. The van der Waals surface area contributed by atoms with Crippen LogP contribution in [0.3, 0.4) is 0 Å². The largest absolute Gasteiger partial charge is 0.493 e. The van der Waals surface area contributed by atoms with E-state index in [0.717, 1.165) is 16.6 Å². The highest BCUT2D eigenvalue weighted by molar-refractivity contribution is 5.77. The fraction of sp³-hybridized carbons (Fsp3) is 0.263. The van der Waals surface area contributed by atoms with Crippen molar-refractivity contribution in [1.82, 2.24) is 14.9 Å². The van der Waals surface area contributed by atoms with Crippen LogP contribution in [0.15, 0.2) is 48.8 Å². The van der Waals surface area contributed by atoms with E-state index < -0.39 is 0 Å². The van der Waals surface area contributed by atoms with Crippen LogP contribution in [0.5, 0.6) is 11.5 Å². The van der Waals surface area contributed by atoms with E-state index in [1.54, 1.807) is 20.5 Å². The molecular weight excluding hydrogens is 318 g/mol. The number of para-hydroxylation sites is 3. The zero-order valence-electron chi connectivity index (χ0n) is 14.4. The van der Waals surface area contributed by atoms with Crippen molar-refractivity contribution in [2.45, 2.75) is 19.5 Å². The van der Waals surface area contributed by atoms with Gasteiger partial charge >= 0.3 is 0 Å². The molecular formula is C19H21N3O3. The van der Waals surface area contributed by atoms with Gasteiger partial charge in [0, 0.05) is 25.1 Å². The molecule has 6 nitrogen and oxygen atoms in total. The fourth-order valence-corrected chi connectivity index (χ4v) is 2.79. The van der Waals surface area contributed by atoms with Gasteiger partial charge in [0.15, 0.2) is 11.5 Å². The van der Waals surface area contributed by atoms with E-state index in [0.29, 0.717) is 31.0 Å². The number of hydrogen-bond acceptors (Lipinski definition) is 4. The SMILES string of the molecule is COc1cccc(CNC(=O)CCn2cnc3ccccc32)c1OC. The molecule has 3 aromatic rings. The Balaban J connectivity index is 1.58. The second-order valence-corrected chi connectivity index (χ2v) is 5.61. The number of fused-ring (bicyclic) bond motifs is 1. The van der Waals surface area contributed by atoms with Crippen LogP contribution in [-0.2, 0) is 17.9 Å². The van der Waals surface area contributed by atoms with Crippen LogP contribution in [0.2, 0.25) is 0 Å². The van der Waals surface area contributed by atoms with Crippen molar-refractivity contribution in [2.75, 3.05) is 14.2 Å². The lowest BCUT2D eigenvalue weighted by molar-refractivity contribution is -0.121. The van der Waals surface area contributed by atoms with Crippen LogP contribution in [0.1, 0.15) is 12.0 Å². The highest BCUT2D eigenvalue weighted by Gasteiger charge is 2.11. The third-order valence-corrected chi connectivity index (χ3v) is 4.07. The summed E-state index contributed by atoms with van der Waals surface area (Å²) in [5.41, 5.74) is 2.84. The van der Waals surface area contributed by atoms with E-state index in [4.69, 9.17) is 9.47 Å². The summed E-state index contributed by atoms with van der Waals surface area (Å²) in [7, 11) is 3.18. The molecule has 0 spiro atoms. The first-order valence-corrected chi connectivity index (χ1v) is 8.09. The molecule has 25 heavy (non-hydrogen) atoms. The summed E-state index contributed by atoms with van der Waals surface area (Å²) in [6, 6.07) is 13.5. The molecule has 0 aliphatic rings. The number of rotatable bonds is 7.